The molecule has 2 aromatic carbocycles. The van der Waals surface area contributed by atoms with Crippen molar-refractivity contribution >= 4 is 52.7 Å². The molecule has 0 saturated carbocycles. The van der Waals surface area contributed by atoms with Crippen molar-refractivity contribution in [3.63, 3.8) is 0 Å². The van der Waals surface area contributed by atoms with Crippen LogP contribution in [0.3, 0.4) is 0 Å². The standard InChI is InChI=1S/C13H5Cl4FO/c14-9-4-8(12(18)3-7(9)5-19)6-1-10(15)13(17)11(16)2-6/h1-5H. The van der Waals surface area contributed by atoms with Crippen molar-refractivity contribution in [3.05, 3.63) is 55.7 Å². The second-order valence-corrected chi connectivity index (χ2v) is 5.32. The van der Waals surface area contributed by atoms with Crippen LogP contribution in [0.2, 0.25) is 20.1 Å². The van der Waals surface area contributed by atoms with Crippen molar-refractivity contribution < 1.29 is 9.18 Å². The molecule has 0 aromatic heterocycles. The normalized spacial score (nSPS) is 10.6. The third kappa shape index (κ3) is 2.87. The van der Waals surface area contributed by atoms with Crippen molar-refractivity contribution in [1.82, 2.24) is 0 Å². The average molecular weight is 338 g/mol. The monoisotopic (exact) mass is 336 g/mol. The maximum absolute atomic E-state index is 13.9. The van der Waals surface area contributed by atoms with E-state index in [4.69, 9.17) is 46.4 Å². The zero-order chi connectivity index (χ0) is 14.2. The highest BCUT2D eigenvalue weighted by molar-refractivity contribution is 6.48. The summed E-state index contributed by atoms with van der Waals surface area (Å²) in [6.07, 6.45) is 0.483. The third-order valence-electron chi connectivity index (χ3n) is 2.51. The lowest BCUT2D eigenvalue weighted by atomic mass is 10.0. The average Bonchev–Trinajstić information content (AvgIpc) is 2.37. The van der Waals surface area contributed by atoms with E-state index in [0.29, 0.717) is 11.8 Å². The maximum Gasteiger partial charge on any atom is 0.151 e. The van der Waals surface area contributed by atoms with Gasteiger partial charge in [0, 0.05) is 11.1 Å². The van der Waals surface area contributed by atoms with E-state index in [1.165, 1.54) is 18.2 Å². The summed E-state index contributed by atoms with van der Waals surface area (Å²) in [5.41, 5.74) is 0.696. The molecule has 0 heterocycles. The number of aldehydes is 1. The molecule has 0 atom stereocenters. The van der Waals surface area contributed by atoms with Crippen LogP contribution in [-0.2, 0) is 0 Å². The molecule has 2 aromatic rings. The van der Waals surface area contributed by atoms with Crippen molar-refractivity contribution in [3.8, 4) is 11.1 Å². The van der Waals surface area contributed by atoms with Gasteiger partial charge < -0.3 is 0 Å². The van der Waals surface area contributed by atoms with Gasteiger partial charge in [-0.3, -0.25) is 4.79 Å². The van der Waals surface area contributed by atoms with Crippen LogP contribution in [-0.4, -0.2) is 6.29 Å². The van der Waals surface area contributed by atoms with Crippen LogP contribution in [0.25, 0.3) is 11.1 Å². The fourth-order valence-corrected chi connectivity index (χ4v) is 2.39. The second-order valence-electron chi connectivity index (χ2n) is 3.73. The first-order valence-corrected chi connectivity index (χ1v) is 6.54. The van der Waals surface area contributed by atoms with Crippen LogP contribution >= 0.6 is 46.4 Å². The van der Waals surface area contributed by atoms with Crippen molar-refractivity contribution in [1.29, 1.82) is 0 Å². The molecule has 6 heteroatoms. The minimum absolute atomic E-state index is 0.0778. The molecular formula is C13H5Cl4FO. The molecule has 0 N–H and O–H groups in total. The van der Waals surface area contributed by atoms with Gasteiger partial charge >= 0.3 is 0 Å². The Labute approximate surface area is 128 Å². The third-order valence-corrected chi connectivity index (χ3v) is 4.03. The Kier molecular flexibility index (Phi) is 4.36. The summed E-state index contributed by atoms with van der Waals surface area (Å²) in [5.74, 6) is -0.596. The zero-order valence-electron chi connectivity index (χ0n) is 9.18. The van der Waals surface area contributed by atoms with Crippen LogP contribution < -0.4 is 0 Å². The smallest absolute Gasteiger partial charge is 0.151 e. The molecule has 0 aliphatic rings. The predicted molar refractivity (Wildman–Crippen MR) is 77.3 cm³/mol. The van der Waals surface area contributed by atoms with Gasteiger partial charge in [0.2, 0.25) is 0 Å². The molecule has 0 bridgehead atoms. The topological polar surface area (TPSA) is 17.1 Å². The lowest BCUT2D eigenvalue weighted by molar-refractivity contribution is 0.112. The van der Waals surface area contributed by atoms with Crippen molar-refractivity contribution in [2.75, 3.05) is 0 Å². The first kappa shape index (κ1) is 14.6. The highest BCUT2D eigenvalue weighted by Gasteiger charge is 2.13. The number of carbonyl (C=O) groups excluding carboxylic acids is 1. The van der Waals surface area contributed by atoms with Gasteiger partial charge in [0.25, 0.3) is 0 Å². The lowest BCUT2D eigenvalue weighted by Gasteiger charge is -2.08. The number of halogens is 5. The second kappa shape index (κ2) is 5.68. The van der Waals surface area contributed by atoms with E-state index in [1.54, 1.807) is 0 Å². The SMILES string of the molecule is O=Cc1cc(F)c(-c2cc(Cl)c(Cl)c(Cl)c2)cc1Cl. The lowest BCUT2D eigenvalue weighted by Crippen LogP contribution is -1.90. The number of rotatable bonds is 2. The first-order valence-electron chi connectivity index (χ1n) is 5.03. The highest BCUT2D eigenvalue weighted by atomic mass is 35.5. The minimum Gasteiger partial charge on any atom is -0.298 e. The van der Waals surface area contributed by atoms with Gasteiger partial charge in [-0.25, -0.2) is 4.39 Å². The van der Waals surface area contributed by atoms with Crippen LogP contribution in [0, 0.1) is 5.82 Å². The summed E-state index contributed by atoms with van der Waals surface area (Å²) in [6, 6.07) is 5.35. The quantitative estimate of drug-likeness (QED) is 0.491. The molecular weight excluding hydrogens is 333 g/mol. The Morgan fingerprint density at radius 3 is 2.00 bits per heavy atom. The number of hydrogen-bond acceptors (Lipinski definition) is 1. The van der Waals surface area contributed by atoms with E-state index >= 15 is 0 Å². The molecule has 0 unspecified atom stereocenters. The summed E-state index contributed by atoms with van der Waals surface area (Å²) in [4.78, 5) is 10.7. The zero-order valence-corrected chi connectivity index (χ0v) is 12.2. The summed E-state index contributed by atoms with van der Waals surface area (Å²) >= 11 is 23.5. The van der Waals surface area contributed by atoms with Crippen molar-refractivity contribution in [2.45, 2.75) is 0 Å². The summed E-state index contributed by atoms with van der Waals surface area (Å²) in [5, 5.41) is 0.759. The van der Waals surface area contributed by atoms with Gasteiger partial charge in [-0.05, 0) is 29.8 Å². The molecule has 0 fully saturated rings. The fourth-order valence-electron chi connectivity index (χ4n) is 1.58. The summed E-state index contributed by atoms with van der Waals surface area (Å²) in [6.45, 7) is 0. The van der Waals surface area contributed by atoms with Crippen LogP contribution in [0.4, 0.5) is 4.39 Å². The van der Waals surface area contributed by atoms with Crippen LogP contribution in [0.15, 0.2) is 24.3 Å². The fraction of sp³-hybridized carbons (Fsp3) is 0. The predicted octanol–water partition coefficient (Wildman–Crippen LogP) is 5.92. The van der Waals surface area contributed by atoms with E-state index < -0.39 is 5.82 Å². The van der Waals surface area contributed by atoms with E-state index in [0.717, 1.165) is 6.07 Å². The number of benzene rings is 2. The Morgan fingerprint density at radius 2 is 1.47 bits per heavy atom. The molecule has 0 amide bonds. The number of carbonyl (C=O) groups is 1. The summed E-state index contributed by atoms with van der Waals surface area (Å²) in [7, 11) is 0. The van der Waals surface area contributed by atoms with Gasteiger partial charge in [0.1, 0.15) is 5.82 Å². The van der Waals surface area contributed by atoms with E-state index in [2.05, 4.69) is 0 Å². The van der Waals surface area contributed by atoms with Gasteiger partial charge in [0.15, 0.2) is 6.29 Å². The molecule has 98 valence electrons. The Hall–Kier alpha value is -0.800. The molecule has 19 heavy (non-hydrogen) atoms. The van der Waals surface area contributed by atoms with Gasteiger partial charge in [0.05, 0.1) is 20.1 Å². The Balaban J connectivity index is 2.65. The Morgan fingerprint density at radius 1 is 0.895 bits per heavy atom. The first-order chi connectivity index (χ1) is 8.93. The largest absolute Gasteiger partial charge is 0.298 e. The summed E-state index contributed by atoms with van der Waals surface area (Å²) < 4.78 is 13.9. The van der Waals surface area contributed by atoms with E-state index in [1.807, 2.05) is 0 Å². The molecule has 0 aliphatic heterocycles. The van der Waals surface area contributed by atoms with E-state index in [-0.39, 0.29) is 31.2 Å². The minimum atomic E-state index is -0.596. The Bertz CT molecular complexity index is 647. The highest BCUT2D eigenvalue weighted by Crippen LogP contribution is 2.37. The van der Waals surface area contributed by atoms with Crippen LogP contribution in [0.5, 0.6) is 0 Å². The molecule has 0 radical (unpaired) electrons. The van der Waals surface area contributed by atoms with Gasteiger partial charge in [-0.15, -0.1) is 0 Å². The van der Waals surface area contributed by atoms with Gasteiger partial charge in [-0.1, -0.05) is 46.4 Å². The maximum atomic E-state index is 13.9. The molecule has 0 saturated heterocycles. The molecule has 0 aliphatic carbocycles. The number of hydrogen-bond donors (Lipinski definition) is 0. The van der Waals surface area contributed by atoms with Gasteiger partial charge in [-0.2, -0.15) is 0 Å². The van der Waals surface area contributed by atoms with Crippen molar-refractivity contribution in [2.24, 2.45) is 0 Å². The van der Waals surface area contributed by atoms with Crippen LogP contribution in [0.1, 0.15) is 10.4 Å². The molecule has 0 spiro atoms. The van der Waals surface area contributed by atoms with E-state index in [9.17, 15) is 9.18 Å². The molecule has 2 rings (SSSR count). The molecule has 1 nitrogen and oxygen atoms in total.